The number of quaternary nitrogens is 1. The lowest BCUT2D eigenvalue weighted by Crippen LogP contribution is -3.11. The summed E-state index contributed by atoms with van der Waals surface area (Å²) >= 11 is 0. The molecule has 0 bridgehead atoms. The zero-order valence-electron chi connectivity index (χ0n) is 14.7. The van der Waals surface area contributed by atoms with E-state index >= 15 is 0 Å². The van der Waals surface area contributed by atoms with E-state index in [-0.39, 0.29) is 0 Å². The fraction of sp³-hybridized carbons (Fsp3) is 0.286. The van der Waals surface area contributed by atoms with E-state index in [4.69, 9.17) is 0 Å². The molecule has 5 heteroatoms. The summed E-state index contributed by atoms with van der Waals surface area (Å²) in [7, 11) is 0. The van der Waals surface area contributed by atoms with Crippen LogP contribution in [0.4, 0.5) is 0 Å². The van der Waals surface area contributed by atoms with Gasteiger partial charge >= 0.3 is 0 Å². The van der Waals surface area contributed by atoms with Gasteiger partial charge in [-0.05, 0) is 23.6 Å². The Kier molecular flexibility index (Phi) is 3.87. The molecule has 5 rings (SSSR count). The van der Waals surface area contributed by atoms with E-state index in [0.29, 0.717) is 5.92 Å². The van der Waals surface area contributed by atoms with Crippen molar-refractivity contribution in [3.8, 4) is 0 Å². The number of hydrogen-bond acceptors (Lipinski definition) is 3. The van der Waals surface area contributed by atoms with E-state index in [1.165, 1.54) is 31.5 Å². The molecule has 2 aromatic heterocycles. The number of nitrogens with one attached hydrogen (secondary N) is 1. The molecule has 0 amide bonds. The van der Waals surface area contributed by atoms with Crippen LogP contribution in [0.25, 0.3) is 16.6 Å². The maximum Gasteiger partial charge on any atom is 0.193 e. The molecule has 1 aliphatic heterocycles. The monoisotopic (exact) mass is 344 g/mol. The summed E-state index contributed by atoms with van der Waals surface area (Å²) in [5, 5.41) is 9.96. The molecule has 0 spiro atoms. The number of benzene rings is 2. The van der Waals surface area contributed by atoms with Crippen molar-refractivity contribution < 1.29 is 4.90 Å². The molecular weight excluding hydrogens is 322 g/mol. The topological polar surface area (TPSA) is 47.5 Å². The third kappa shape index (κ3) is 2.74. The molecular formula is C21H22N5+. The predicted molar refractivity (Wildman–Crippen MR) is 101 cm³/mol. The van der Waals surface area contributed by atoms with Gasteiger partial charge in [-0.3, -0.25) is 4.40 Å². The predicted octanol–water partition coefficient (Wildman–Crippen LogP) is 2.24. The minimum atomic E-state index is 0.695. The van der Waals surface area contributed by atoms with Crippen molar-refractivity contribution in [1.29, 1.82) is 0 Å². The Morgan fingerprint density at radius 2 is 1.69 bits per heavy atom. The van der Waals surface area contributed by atoms with Crippen molar-refractivity contribution in [3.05, 3.63) is 72.3 Å². The first-order valence-corrected chi connectivity index (χ1v) is 9.34. The third-order valence-corrected chi connectivity index (χ3v) is 5.60. The van der Waals surface area contributed by atoms with Crippen molar-refractivity contribution in [2.24, 2.45) is 0 Å². The Bertz CT molecular complexity index is 1030. The lowest BCUT2D eigenvalue weighted by atomic mass is 9.89. The number of rotatable bonds is 3. The molecule has 0 unspecified atom stereocenters. The largest absolute Gasteiger partial charge is 0.329 e. The van der Waals surface area contributed by atoms with E-state index in [1.807, 2.05) is 24.5 Å². The number of piperidine rings is 1. The summed E-state index contributed by atoms with van der Waals surface area (Å²) in [5.74, 6) is 1.70. The summed E-state index contributed by atoms with van der Waals surface area (Å²) in [6, 6.07) is 19.0. The number of para-hydroxylation sites is 1. The van der Waals surface area contributed by atoms with Gasteiger partial charge in [-0.1, -0.05) is 42.5 Å². The first kappa shape index (κ1) is 15.5. The standard InChI is InChI=1S/C21H21N5/c1-2-6-16(7-3-1)17-10-12-25(13-11-17)14-20-23-24-21-18-8-4-5-9-19(18)22-15-26(20)21/h1-9,15,17H,10-14H2/p+1. The van der Waals surface area contributed by atoms with E-state index < -0.39 is 0 Å². The Hall–Kier alpha value is -2.79. The van der Waals surface area contributed by atoms with Gasteiger partial charge in [-0.25, -0.2) is 4.98 Å². The van der Waals surface area contributed by atoms with Gasteiger partial charge in [0.15, 0.2) is 11.5 Å². The second-order valence-electron chi connectivity index (χ2n) is 7.18. The average Bonchev–Trinajstić information content (AvgIpc) is 3.12. The lowest BCUT2D eigenvalue weighted by molar-refractivity contribution is -0.919. The van der Waals surface area contributed by atoms with Gasteiger partial charge < -0.3 is 4.90 Å². The summed E-state index contributed by atoms with van der Waals surface area (Å²) in [4.78, 5) is 6.14. The van der Waals surface area contributed by atoms with Gasteiger partial charge in [0, 0.05) is 18.2 Å². The highest BCUT2D eigenvalue weighted by molar-refractivity contribution is 5.90. The van der Waals surface area contributed by atoms with E-state index in [2.05, 4.69) is 56.0 Å². The minimum absolute atomic E-state index is 0.695. The maximum absolute atomic E-state index is 4.56. The summed E-state index contributed by atoms with van der Waals surface area (Å²) in [6.07, 6.45) is 4.33. The normalized spacial score (nSPS) is 20.6. The molecule has 1 aliphatic rings. The van der Waals surface area contributed by atoms with Crippen LogP contribution in [0, 0.1) is 0 Å². The number of aromatic nitrogens is 4. The zero-order valence-corrected chi connectivity index (χ0v) is 14.7. The minimum Gasteiger partial charge on any atom is -0.329 e. The van der Waals surface area contributed by atoms with E-state index in [9.17, 15) is 0 Å². The Morgan fingerprint density at radius 3 is 2.54 bits per heavy atom. The molecule has 5 nitrogen and oxygen atoms in total. The fourth-order valence-corrected chi connectivity index (χ4v) is 4.13. The van der Waals surface area contributed by atoms with Crippen molar-refractivity contribution in [3.63, 3.8) is 0 Å². The van der Waals surface area contributed by atoms with Gasteiger partial charge in [0.25, 0.3) is 0 Å². The van der Waals surface area contributed by atoms with Gasteiger partial charge in [-0.2, -0.15) is 0 Å². The second kappa shape index (κ2) is 6.50. The Morgan fingerprint density at radius 1 is 0.923 bits per heavy atom. The first-order chi connectivity index (χ1) is 12.9. The van der Waals surface area contributed by atoms with Crippen molar-refractivity contribution in [1.82, 2.24) is 19.6 Å². The smallest absolute Gasteiger partial charge is 0.193 e. The molecule has 26 heavy (non-hydrogen) atoms. The second-order valence-corrected chi connectivity index (χ2v) is 7.18. The van der Waals surface area contributed by atoms with E-state index in [0.717, 1.165) is 28.9 Å². The maximum atomic E-state index is 4.56. The molecule has 1 N–H and O–H groups in total. The van der Waals surface area contributed by atoms with Crippen molar-refractivity contribution in [2.45, 2.75) is 25.3 Å². The van der Waals surface area contributed by atoms with Crippen molar-refractivity contribution in [2.75, 3.05) is 13.1 Å². The van der Waals surface area contributed by atoms with Crippen LogP contribution < -0.4 is 4.90 Å². The SMILES string of the molecule is c1ccc(C2CC[NH+](Cc3nnc4c5ccccc5ncn34)CC2)cc1. The van der Waals surface area contributed by atoms with Crippen LogP contribution >= 0.6 is 0 Å². The van der Waals surface area contributed by atoms with Crippen LogP contribution in [-0.2, 0) is 6.54 Å². The molecule has 1 fully saturated rings. The third-order valence-electron chi connectivity index (χ3n) is 5.60. The molecule has 1 saturated heterocycles. The average molecular weight is 344 g/mol. The number of likely N-dealkylation sites (tertiary alicyclic amines) is 1. The molecule has 0 radical (unpaired) electrons. The fourth-order valence-electron chi connectivity index (χ4n) is 4.13. The molecule has 0 saturated carbocycles. The molecule has 4 aromatic rings. The highest BCUT2D eigenvalue weighted by Gasteiger charge is 2.24. The lowest BCUT2D eigenvalue weighted by Gasteiger charge is -2.29. The van der Waals surface area contributed by atoms with Crippen molar-refractivity contribution >= 4 is 16.6 Å². The molecule has 3 heterocycles. The zero-order chi connectivity index (χ0) is 17.3. The van der Waals surface area contributed by atoms with Crippen LogP contribution in [0.1, 0.15) is 30.1 Å². The van der Waals surface area contributed by atoms with Crippen LogP contribution in [-0.4, -0.2) is 32.7 Å². The highest BCUT2D eigenvalue weighted by Crippen LogP contribution is 2.23. The van der Waals surface area contributed by atoms with Gasteiger partial charge in [0.05, 0.1) is 18.6 Å². The van der Waals surface area contributed by atoms with Crippen LogP contribution in [0.3, 0.4) is 0 Å². The summed E-state index contributed by atoms with van der Waals surface area (Å²) < 4.78 is 2.05. The molecule has 0 atom stereocenters. The quantitative estimate of drug-likeness (QED) is 0.620. The number of hydrogen-bond donors (Lipinski definition) is 1. The summed E-state index contributed by atoms with van der Waals surface area (Å²) in [5.41, 5.74) is 3.36. The first-order valence-electron chi connectivity index (χ1n) is 9.34. The number of fused-ring (bicyclic) bond motifs is 3. The van der Waals surface area contributed by atoms with Gasteiger partial charge in [0.2, 0.25) is 0 Å². The Balaban J connectivity index is 1.34. The van der Waals surface area contributed by atoms with Gasteiger partial charge in [0.1, 0.15) is 12.9 Å². The van der Waals surface area contributed by atoms with E-state index in [1.54, 1.807) is 4.90 Å². The molecule has 2 aromatic carbocycles. The Labute approximate surface area is 152 Å². The van der Waals surface area contributed by atoms with Crippen LogP contribution in [0.5, 0.6) is 0 Å². The highest BCUT2D eigenvalue weighted by atomic mass is 15.3. The number of nitrogens with zero attached hydrogens (tertiary/aromatic N) is 4. The molecule has 0 aliphatic carbocycles. The van der Waals surface area contributed by atoms with Crippen LogP contribution in [0.15, 0.2) is 60.9 Å². The molecule has 130 valence electrons. The summed E-state index contributed by atoms with van der Waals surface area (Å²) in [6.45, 7) is 3.26. The van der Waals surface area contributed by atoms with Crippen LogP contribution in [0.2, 0.25) is 0 Å². The van der Waals surface area contributed by atoms with Gasteiger partial charge in [-0.15, -0.1) is 10.2 Å².